The quantitative estimate of drug-likeness (QED) is 0.477. The Kier molecular flexibility index (Phi) is 4.49. The standard InChI is InChI=1S/C14H15N3O6/c1-3-23-13(19)11-7(2)15-14(20)16-12(11)9-6-8(17(21)22)4-5-10(9)18/h4-6,11-12,18H,2-3H2,1H3,(H2,15,16,20)/p-1. The Morgan fingerprint density at radius 3 is 2.78 bits per heavy atom. The molecule has 23 heavy (non-hydrogen) atoms. The van der Waals surface area contributed by atoms with Crippen LogP contribution in [0, 0.1) is 16.0 Å². The van der Waals surface area contributed by atoms with Gasteiger partial charge in [0.2, 0.25) is 0 Å². The van der Waals surface area contributed by atoms with Crippen molar-refractivity contribution in [2.75, 3.05) is 6.61 Å². The van der Waals surface area contributed by atoms with E-state index in [4.69, 9.17) is 4.74 Å². The number of nitrogens with one attached hydrogen (secondary N) is 2. The van der Waals surface area contributed by atoms with Crippen LogP contribution < -0.4 is 15.7 Å². The molecule has 1 aromatic rings. The number of hydrogen-bond donors (Lipinski definition) is 2. The maximum absolute atomic E-state index is 12.1. The molecule has 122 valence electrons. The van der Waals surface area contributed by atoms with Gasteiger partial charge in [-0.1, -0.05) is 12.6 Å². The van der Waals surface area contributed by atoms with Crippen molar-refractivity contribution in [3.05, 3.63) is 46.2 Å². The summed E-state index contributed by atoms with van der Waals surface area (Å²) in [6.45, 7) is 5.31. The second-order valence-electron chi connectivity index (χ2n) is 4.81. The molecule has 0 radical (unpaired) electrons. The summed E-state index contributed by atoms with van der Waals surface area (Å²) in [6, 6.07) is 1.36. The van der Waals surface area contributed by atoms with Crippen molar-refractivity contribution in [2.45, 2.75) is 13.0 Å². The zero-order valence-electron chi connectivity index (χ0n) is 12.2. The number of carbonyl (C=O) groups is 2. The number of benzene rings is 1. The maximum atomic E-state index is 12.1. The van der Waals surface area contributed by atoms with Gasteiger partial charge in [-0.2, -0.15) is 0 Å². The Hall–Kier alpha value is -3.10. The van der Waals surface area contributed by atoms with Crippen LogP contribution in [-0.4, -0.2) is 23.5 Å². The van der Waals surface area contributed by atoms with E-state index in [9.17, 15) is 24.8 Å². The molecule has 1 aromatic carbocycles. The van der Waals surface area contributed by atoms with E-state index >= 15 is 0 Å². The molecule has 0 spiro atoms. The first-order valence-electron chi connectivity index (χ1n) is 6.73. The van der Waals surface area contributed by atoms with Gasteiger partial charge in [0.1, 0.15) is 5.92 Å². The first kappa shape index (κ1) is 16.3. The molecule has 0 aliphatic carbocycles. The van der Waals surface area contributed by atoms with E-state index in [1.54, 1.807) is 6.92 Å². The molecule has 1 heterocycles. The number of nitrogens with zero attached hydrogens (tertiary/aromatic N) is 1. The molecule has 9 heteroatoms. The molecule has 2 N–H and O–H groups in total. The van der Waals surface area contributed by atoms with Crippen LogP contribution >= 0.6 is 0 Å². The Morgan fingerprint density at radius 1 is 1.48 bits per heavy atom. The number of nitro benzene ring substituents is 1. The van der Waals surface area contributed by atoms with E-state index in [0.29, 0.717) is 0 Å². The minimum atomic E-state index is -1.09. The van der Waals surface area contributed by atoms with Gasteiger partial charge in [0.25, 0.3) is 5.69 Å². The Bertz CT molecular complexity index is 687. The molecule has 0 aromatic heterocycles. The summed E-state index contributed by atoms with van der Waals surface area (Å²) in [5, 5.41) is 27.7. The fourth-order valence-electron chi connectivity index (χ4n) is 2.35. The molecule has 1 aliphatic rings. The number of ether oxygens (including phenoxy) is 1. The highest BCUT2D eigenvalue weighted by molar-refractivity contribution is 5.85. The summed E-state index contributed by atoms with van der Waals surface area (Å²) in [7, 11) is 0. The largest absolute Gasteiger partial charge is 0.872 e. The summed E-state index contributed by atoms with van der Waals surface area (Å²) in [6.07, 6.45) is 0. The van der Waals surface area contributed by atoms with E-state index in [0.717, 1.165) is 18.2 Å². The second-order valence-corrected chi connectivity index (χ2v) is 4.81. The first-order valence-corrected chi connectivity index (χ1v) is 6.73. The molecule has 2 atom stereocenters. The predicted molar refractivity (Wildman–Crippen MR) is 76.2 cm³/mol. The number of esters is 1. The lowest BCUT2D eigenvalue weighted by molar-refractivity contribution is -0.385. The van der Waals surface area contributed by atoms with E-state index in [-0.39, 0.29) is 23.6 Å². The van der Waals surface area contributed by atoms with Crippen molar-refractivity contribution < 1.29 is 24.4 Å². The number of non-ortho nitro benzene ring substituents is 1. The normalized spacial score (nSPS) is 20.4. The molecular formula is C14H14N3O6-. The number of nitro groups is 1. The monoisotopic (exact) mass is 320 g/mol. The SMILES string of the molecule is C=C1NC(=O)NC(c2cc([N+](=O)[O-])ccc2[O-])C1C(=O)OCC. The van der Waals surface area contributed by atoms with Crippen LogP contribution in [-0.2, 0) is 9.53 Å². The molecule has 1 saturated heterocycles. The smallest absolute Gasteiger partial charge is 0.319 e. The van der Waals surface area contributed by atoms with E-state index < -0.39 is 34.6 Å². The van der Waals surface area contributed by atoms with Gasteiger partial charge in [-0.05, 0) is 12.5 Å². The predicted octanol–water partition coefficient (Wildman–Crippen LogP) is 0.715. The van der Waals surface area contributed by atoms with Crippen molar-refractivity contribution in [1.29, 1.82) is 0 Å². The van der Waals surface area contributed by atoms with E-state index in [2.05, 4.69) is 17.2 Å². The molecule has 0 saturated carbocycles. The molecule has 2 amide bonds. The van der Waals surface area contributed by atoms with E-state index in [1.807, 2.05) is 0 Å². The van der Waals surface area contributed by atoms with Crippen molar-refractivity contribution in [1.82, 2.24) is 10.6 Å². The first-order chi connectivity index (χ1) is 10.8. The summed E-state index contributed by atoms with van der Waals surface area (Å²) in [4.78, 5) is 34.0. The van der Waals surface area contributed by atoms with Gasteiger partial charge in [-0.25, -0.2) is 4.79 Å². The summed E-state index contributed by atoms with van der Waals surface area (Å²) in [5.41, 5.74) is -0.336. The maximum Gasteiger partial charge on any atom is 0.319 e. The van der Waals surface area contributed by atoms with Crippen molar-refractivity contribution >= 4 is 17.7 Å². The molecule has 2 rings (SSSR count). The third-order valence-electron chi connectivity index (χ3n) is 3.35. The van der Waals surface area contributed by atoms with Crippen molar-refractivity contribution in [3.8, 4) is 5.75 Å². The van der Waals surface area contributed by atoms with Gasteiger partial charge >= 0.3 is 12.0 Å². The van der Waals surface area contributed by atoms with Crippen LogP contribution in [0.5, 0.6) is 5.75 Å². The van der Waals surface area contributed by atoms with E-state index in [1.165, 1.54) is 0 Å². The van der Waals surface area contributed by atoms with Crippen LogP contribution in [0.25, 0.3) is 0 Å². The lowest BCUT2D eigenvalue weighted by atomic mass is 9.88. The lowest BCUT2D eigenvalue weighted by Gasteiger charge is -2.34. The number of hydrogen-bond acceptors (Lipinski definition) is 6. The fourth-order valence-corrected chi connectivity index (χ4v) is 2.35. The molecule has 1 fully saturated rings. The Balaban J connectivity index is 2.49. The number of urea groups is 1. The average Bonchev–Trinajstić information content (AvgIpc) is 2.46. The van der Waals surface area contributed by atoms with Crippen molar-refractivity contribution in [3.63, 3.8) is 0 Å². The van der Waals surface area contributed by atoms with Gasteiger partial charge < -0.3 is 20.5 Å². The summed E-state index contributed by atoms with van der Waals surface area (Å²) >= 11 is 0. The summed E-state index contributed by atoms with van der Waals surface area (Å²) in [5.74, 6) is -2.30. The Morgan fingerprint density at radius 2 is 2.17 bits per heavy atom. The average molecular weight is 320 g/mol. The van der Waals surface area contributed by atoms with Gasteiger partial charge in [0.05, 0.1) is 17.6 Å². The lowest BCUT2D eigenvalue weighted by Crippen LogP contribution is -2.51. The molecular weight excluding hydrogens is 306 g/mol. The third-order valence-corrected chi connectivity index (χ3v) is 3.35. The molecule has 9 nitrogen and oxygen atoms in total. The number of rotatable bonds is 4. The number of carbonyl (C=O) groups excluding carboxylic acids is 2. The molecule has 2 unspecified atom stereocenters. The minimum absolute atomic E-state index is 0.0584. The van der Waals surface area contributed by atoms with Crippen molar-refractivity contribution in [2.24, 2.45) is 5.92 Å². The van der Waals surface area contributed by atoms with Crippen LogP contribution in [0.1, 0.15) is 18.5 Å². The highest BCUT2D eigenvalue weighted by Crippen LogP contribution is 2.35. The van der Waals surface area contributed by atoms with Crippen LogP contribution in [0.3, 0.4) is 0 Å². The zero-order chi connectivity index (χ0) is 17.1. The van der Waals surface area contributed by atoms with Gasteiger partial charge in [0, 0.05) is 17.8 Å². The highest BCUT2D eigenvalue weighted by atomic mass is 16.6. The Labute approximate surface area is 131 Å². The fraction of sp³-hybridized carbons (Fsp3) is 0.286. The zero-order valence-corrected chi connectivity index (χ0v) is 12.2. The minimum Gasteiger partial charge on any atom is -0.872 e. The second kappa shape index (κ2) is 6.34. The third kappa shape index (κ3) is 3.23. The van der Waals surface area contributed by atoms with Gasteiger partial charge in [0.15, 0.2) is 0 Å². The van der Waals surface area contributed by atoms with Crippen LogP contribution in [0.2, 0.25) is 0 Å². The molecule has 1 aliphatic heterocycles. The van der Waals surface area contributed by atoms with Crippen LogP contribution in [0.4, 0.5) is 10.5 Å². The van der Waals surface area contributed by atoms with Crippen LogP contribution in [0.15, 0.2) is 30.5 Å². The highest BCUT2D eigenvalue weighted by Gasteiger charge is 2.39. The number of amides is 2. The summed E-state index contributed by atoms with van der Waals surface area (Å²) < 4.78 is 4.93. The van der Waals surface area contributed by atoms with Gasteiger partial charge in [-0.15, -0.1) is 5.75 Å². The topological polar surface area (TPSA) is 134 Å². The molecule has 0 bridgehead atoms. The van der Waals surface area contributed by atoms with Gasteiger partial charge in [-0.3, -0.25) is 14.9 Å².